The minimum atomic E-state index is -0.508. The summed E-state index contributed by atoms with van der Waals surface area (Å²) in [5, 5.41) is 7.48. The molecule has 1 N–H and O–H groups in total. The Morgan fingerprint density at radius 3 is 3.09 bits per heavy atom. The molecule has 1 aliphatic carbocycles. The number of hydrogen-bond donors (Lipinski definition) is 1. The van der Waals surface area contributed by atoms with Crippen LogP contribution >= 0.6 is 0 Å². The second-order valence-electron chi connectivity index (χ2n) is 5.69. The lowest BCUT2D eigenvalue weighted by atomic mass is 9.93. The van der Waals surface area contributed by atoms with E-state index in [0.717, 1.165) is 30.5 Å². The van der Waals surface area contributed by atoms with Crippen LogP contribution in [-0.2, 0) is 17.7 Å². The number of halogens is 1. The van der Waals surface area contributed by atoms with Crippen LogP contribution < -0.4 is 5.32 Å². The van der Waals surface area contributed by atoms with Gasteiger partial charge in [-0.15, -0.1) is 0 Å². The number of fused-ring (bicyclic) bond motifs is 1. The van der Waals surface area contributed by atoms with Gasteiger partial charge in [-0.2, -0.15) is 5.10 Å². The highest BCUT2D eigenvalue weighted by Crippen LogP contribution is 2.28. The average Bonchev–Trinajstić information content (AvgIpc) is 2.97. The molecule has 122 valence electrons. The number of nitrogens with one attached hydrogen (secondary N) is 1. The van der Waals surface area contributed by atoms with Crippen LogP contribution in [0.15, 0.2) is 30.5 Å². The van der Waals surface area contributed by atoms with Crippen LogP contribution in [0, 0.1) is 5.82 Å². The van der Waals surface area contributed by atoms with Crippen LogP contribution in [-0.4, -0.2) is 29.4 Å². The van der Waals surface area contributed by atoms with E-state index in [4.69, 9.17) is 4.74 Å². The molecular formula is C17H20FN3O2. The van der Waals surface area contributed by atoms with Crippen LogP contribution in [0.4, 0.5) is 4.39 Å². The van der Waals surface area contributed by atoms with E-state index in [0.29, 0.717) is 13.2 Å². The number of aromatic nitrogens is 2. The van der Waals surface area contributed by atoms with Crippen molar-refractivity contribution in [2.75, 3.05) is 13.7 Å². The summed E-state index contributed by atoms with van der Waals surface area (Å²) in [6.45, 7) is 1.27. The number of benzene rings is 1. The Kier molecular flexibility index (Phi) is 4.71. The number of hydrogen-bond acceptors (Lipinski definition) is 3. The third-order valence-electron chi connectivity index (χ3n) is 4.09. The zero-order chi connectivity index (χ0) is 16.2. The monoisotopic (exact) mass is 317 g/mol. The molecule has 6 heteroatoms. The normalized spacial score (nSPS) is 16.9. The largest absolute Gasteiger partial charge is 0.383 e. The van der Waals surface area contributed by atoms with Gasteiger partial charge in [-0.3, -0.25) is 9.48 Å². The summed E-state index contributed by atoms with van der Waals surface area (Å²) in [5.41, 5.74) is 2.10. The minimum absolute atomic E-state index is 0.0680. The van der Waals surface area contributed by atoms with Crippen molar-refractivity contribution in [1.82, 2.24) is 15.1 Å². The quantitative estimate of drug-likeness (QED) is 0.922. The third kappa shape index (κ3) is 3.42. The fourth-order valence-electron chi connectivity index (χ4n) is 2.92. The zero-order valence-electron chi connectivity index (χ0n) is 13.1. The van der Waals surface area contributed by atoms with Crippen molar-refractivity contribution < 1.29 is 13.9 Å². The van der Waals surface area contributed by atoms with Gasteiger partial charge >= 0.3 is 0 Å². The Labute approximate surface area is 134 Å². The molecule has 0 aliphatic heterocycles. The topological polar surface area (TPSA) is 56.1 Å². The van der Waals surface area contributed by atoms with Gasteiger partial charge in [-0.1, -0.05) is 12.1 Å². The molecule has 2 aromatic rings. The summed E-state index contributed by atoms with van der Waals surface area (Å²) in [7, 11) is 1.65. The number of ether oxygens (including phenoxy) is 1. The second kappa shape index (κ2) is 6.91. The van der Waals surface area contributed by atoms with Crippen molar-refractivity contribution in [1.29, 1.82) is 0 Å². The molecule has 1 heterocycles. The number of carbonyl (C=O) groups is 1. The number of aryl methyl sites for hydroxylation is 1. The van der Waals surface area contributed by atoms with Crippen molar-refractivity contribution >= 4 is 5.91 Å². The summed E-state index contributed by atoms with van der Waals surface area (Å²) < 4.78 is 20.7. The number of carbonyl (C=O) groups excluding carboxylic acids is 1. The Hall–Kier alpha value is -2.21. The molecule has 0 bridgehead atoms. The van der Waals surface area contributed by atoms with Crippen LogP contribution in [0.5, 0.6) is 0 Å². The fraction of sp³-hybridized carbons (Fsp3) is 0.412. The van der Waals surface area contributed by atoms with Crippen molar-refractivity contribution in [2.45, 2.75) is 31.8 Å². The van der Waals surface area contributed by atoms with E-state index in [1.165, 1.54) is 12.1 Å². The molecule has 0 fully saturated rings. The number of nitrogens with zero attached hydrogens (tertiary/aromatic N) is 2. The van der Waals surface area contributed by atoms with E-state index < -0.39 is 11.7 Å². The van der Waals surface area contributed by atoms with Crippen LogP contribution in [0.1, 0.15) is 40.5 Å². The highest BCUT2D eigenvalue weighted by molar-refractivity contribution is 5.94. The SMILES string of the molecule is COCCn1cc2c(n1)[C@H](NC(=O)c1ccccc1F)CCC2. The van der Waals surface area contributed by atoms with E-state index in [-0.39, 0.29) is 11.6 Å². The predicted octanol–water partition coefficient (Wildman–Crippen LogP) is 2.48. The Balaban J connectivity index is 1.76. The smallest absolute Gasteiger partial charge is 0.254 e. The molecule has 23 heavy (non-hydrogen) atoms. The predicted molar refractivity (Wildman–Crippen MR) is 83.6 cm³/mol. The Bertz CT molecular complexity index is 699. The number of rotatable bonds is 5. The van der Waals surface area contributed by atoms with Crippen molar-refractivity contribution in [3.8, 4) is 0 Å². The molecule has 0 saturated heterocycles. The fourth-order valence-corrected chi connectivity index (χ4v) is 2.92. The van der Waals surface area contributed by atoms with Crippen molar-refractivity contribution in [3.05, 3.63) is 53.1 Å². The molecule has 0 saturated carbocycles. The maximum absolute atomic E-state index is 13.7. The molecule has 0 spiro atoms. The van der Waals surface area contributed by atoms with Gasteiger partial charge in [-0.25, -0.2) is 4.39 Å². The van der Waals surface area contributed by atoms with Crippen molar-refractivity contribution in [3.63, 3.8) is 0 Å². The van der Waals surface area contributed by atoms with Gasteiger partial charge in [0, 0.05) is 13.3 Å². The van der Waals surface area contributed by atoms with E-state index in [9.17, 15) is 9.18 Å². The highest BCUT2D eigenvalue weighted by Gasteiger charge is 2.26. The number of amides is 1. The van der Waals surface area contributed by atoms with E-state index in [1.807, 2.05) is 10.9 Å². The van der Waals surface area contributed by atoms with Crippen LogP contribution in [0.2, 0.25) is 0 Å². The first-order chi connectivity index (χ1) is 11.2. The summed E-state index contributed by atoms with van der Waals surface area (Å²) in [6.07, 6.45) is 4.75. The van der Waals surface area contributed by atoms with E-state index >= 15 is 0 Å². The maximum atomic E-state index is 13.7. The average molecular weight is 317 g/mol. The standard InChI is InChI=1S/C17H20FN3O2/c1-23-10-9-21-11-12-5-4-8-15(16(12)20-21)19-17(22)13-6-2-3-7-14(13)18/h2-3,6-7,11,15H,4-5,8-10H2,1H3,(H,19,22)/t15-/m1/s1. The lowest BCUT2D eigenvalue weighted by molar-refractivity contribution is 0.0927. The van der Waals surface area contributed by atoms with Crippen LogP contribution in [0.3, 0.4) is 0 Å². The van der Waals surface area contributed by atoms with Crippen molar-refractivity contribution in [2.24, 2.45) is 0 Å². The van der Waals surface area contributed by atoms with Gasteiger partial charge in [0.2, 0.25) is 0 Å². The summed E-state index contributed by atoms with van der Waals surface area (Å²) in [4.78, 5) is 12.3. The molecule has 1 aromatic carbocycles. The lowest BCUT2D eigenvalue weighted by Gasteiger charge is -2.22. The van der Waals surface area contributed by atoms with Crippen LogP contribution in [0.25, 0.3) is 0 Å². The first-order valence-electron chi connectivity index (χ1n) is 7.79. The van der Waals surface area contributed by atoms with Gasteiger partial charge in [0.05, 0.1) is 30.5 Å². The Morgan fingerprint density at radius 2 is 2.30 bits per heavy atom. The second-order valence-corrected chi connectivity index (χ2v) is 5.69. The first kappa shape index (κ1) is 15.7. The van der Waals surface area contributed by atoms with Gasteiger partial charge in [0.1, 0.15) is 5.82 Å². The number of methoxy groups -OCH3 is 1. The molecule has 1 atom stereocenters. The van der Waals surface area contributed by atoms with Gasteiger partial charge in [0.15, 0.2) is 0 Å². The lowest BCUT2D eigenvalue weighted by Crippen LogP contribution is -2.31. The molecular weight excluding hydrogens is 297 g/mol. The van der Waals surface area contributed by atoms with E-state index in [2.05, 4.69) is 10.4 Å². The molecule has 5 nitrogen and oxygen atoms in total. The summed E-state index contributed by atoms with van der Waals surface area (Å²) >= 11 is 0. The molecule has 3 rings (SSSR count). The van der Waals surface area contributed by atoms with Gasteiger partial charge in [0.25, 0.3) is 5.91 Å². The first-order valence-corrected chi connectivity index (χ1v) is 7.79. The van der Waals surface area contributed by atoms with E-state index in [1.54, 1.807) is 19.2 Å². The zero-order valence-corrected chi connectivity index (χ0v) is 13.1. The molecule has 0 radical (unpaired) electrons. The summed E-state index contributed by atoms with van der Waals surface area (Å²) in [5.74, 6) is -0.904. The molecule has 1 amide bonds. The maximum Gasteiger partial charge on any atom is 0.254 e. The van der Waals surface area contributed by atoms with Gasteiger partial charge < -0.3 is 10.1 Å². The molecule has 1 aliphatic rings. The molecule has 0 unspecified atom stereocenters. The highest BCUT2D eigenvalue weighted by atomic mass is 19.1. The summed E-state index contributed by atoms with van der Waals surface area (Å²) in [6, 6.07) is 5.84. The van der Waals surface area contributed by atoms with Gasteiger partial charge in [-0.05, 0) is 37.0 Å². The Morgan fingerprint density at radius 1 is 1.48 bits per heavy atom. The molecule has 1 aromatic heterocycles. The minimum Gasteiger partial charge on any atom is -0.383 e. The third-order valence-corrected chi connectivity index (χ3v) is 4.09.